The molecular formula is C33H40F3N5O7. The second kappa shape index (κ2) is 19.9. The molecule has 3 rings (SSSR count). The van der Waals surface area contributed by atoms with Gasteiger partial charge in [0, 0.05) is 6.54 Å². The number of aliphatic imine (C=N–C) groups is 1. The predicted octanol–water partition coefficient (Wildman–Crippen LogP) is 5.70. The number of halogens is 3. The molecule has 0 spiro atoms. The van der Waals surface area contributed by atoms with Crippen molar-refractivity contribution in [3.63, 3.8) is 0 Å². The van der Waals surface area contributed by atoms with Crippen molar-refractivity contribution in [1.82, 2.24) is 9.97 Å². The molecule has 0 amide bonds. The Bertz CT molecular complexity index is 1480. The van der Waals surface area contributed by atoms with E-state index in [1.165, 1.54) is 0 Å². The van der Waals surface area contributed by atoms with Crippen LogP contribution >= 0.6 is 0 Å². The lowest BCUT2D eigenvalue weighted by Crippen LogP contribution is -2.22. The lowest BCUT2D eigenvalue weighted by atomic mass is 10.1. The lowest BCUT2D eigenvalue weighted by Gasteiger charge is -2.08. The highest BCUT2D eigenvalue weighted by Gasteiger charge is 2.38. The first-order chi connectivity index (χ1) is 22.9. The van der Waals surface area contributed by atoms with Crippen molar-refractivity contribution in [1.29, 1.82) is 0 Å². The highest BCUT2D eigenvalue weighted by molar-refractivity contribution is 5.75. The fourth-order valence-electron chi connectivity index (χ4n) is 3.91. The SMILES string of the molecule is COc1ccc(C=Cc2cc(C=Cc3ccc(OC)c(OC)c3)nc(OCCCCCCN=C(N)N)n2)cc1OC.O=C(O)C(F)(F)F. The van der Waals surface area contributed by atoms with Crippen molar-refractivity contribution in [2.24, 2.45) is 16.5 Å². The van der Waals surface area contributed by atoms with Gasteiger partial charge in [-0.1, -0.05) is 30.7 Å². The molecule has 2 aromatic carbocycles. The van der Waals surface area contributed by atoms with Gasteiger partial charge in [0.05, 0.1) is 46.4 Å². The van der Waals surface area contributed by atoms with Gasteiger partial charge in [0.25, 0.3) is 0 Å². The largest absolute Gasteiger partial charge is 0.493 e. The van der Waals surface area contributed by atoms with Gasteiger partial charge in [-0.15, -0.1) is 0 Å². The number of guanidine groups is 1. The zero-order valence-electron chi connectivity index (χ0n) is 27.1. The number of carbonyl (C=O) groups is 1. The van der Waals surface area contributed by atoms with Crippen molar-refractivity contribution >= 4 is 36.2 Å². The lowest BCUT2D eigenvalue weighted by molar-refractivity contribution is -0.192. The normalized spacial score (nSPS) is 11.1. The monoisotopic (exact) mass is 675 g/mol. The van der Waals surface area contributed by atoms with Crippen LogP contribution in [0.3, 0.4) is 0 Å². The van der Waals surface area contributed by atoms with E-state index in [0.29, 0.717) is 53.5 Å². The highest BCUT2D eigenvalue weighted by Crippen LogP contribution is 2.29. The van der Waals surface area contributed by atoms with Crippen LogP contribution in [0.25, 0.3) is 24.3 Å². The fourth-order valence-corrected chi connectivity index (χ4v) is 3.91. The molecule has 260 valence electrons. The van der Waals surface area contributed by atoms with Crippen LogP contribution in [0.1, 0.15) is 48.2 Å². The van der Waals surface area contributed by atoms with Crippen molar-refractivity contribution < 1.29 is 46.8 Å². The number of carboxylic acid groups (broad SMARTS) is 1. The van der Waals surface area contributed by atoms with Gasteiger partial charge in [-0.3, -0.25) is 4.99 Å². The number of rotatable bonds is 16. The summed E-state index contributed by atoms with van der Waals surface area (Å²) in [5, 5.41) is 7.12. The average Bonchev–Trinajstić information content (AvgIpc) is 3.06. The molecule has 0 atom stereocenters. The van der Waals surface area contributed by atoms with Gasteiger partial charge >= 0.3 is 18.2 Å². The first-order valence-electron chi connectivity index (χ1n) is 14.6. The number of aliphatic carboxylic acids is 1. The van der Waals surface area contributed by atoms with Crippen LogP contribution in [0.5, 0.6) is 29.0 Å². The number of carboxylic acids is 1. The summed E-state index contributed by atoms with van der Waals surface area (Å²) in [6, 6.07) is 13.6. The zero-order valence-corrected chi connectivity index (χ0v) is 27.1. The molecule has 0 aliphatic carbocycles. The summed E-state index contributed by atoms with van der Waals surface area (Å²) in [4.78, 5) is 22.1. The molecule has 0 saturated carbocycles. The quantitative estimate of drug-likeness (QED) is 0.0966. The Labute approximate surface area is 276 Å². The maximum absolute atomic E-state index is 10.6. The Morgan fingerprint density at radius 3 is 1.62 bits per heavy atom. The summed E-state index contributed by atoms with van der Waals surface area (Å²) in [7, 11) is 6.44. The summed E-state index contributed by atoms with van der Waals surface area (Å²) in [6.45, 7) is 1.14. The molecule has 0 radical (unpaired) electrons. The Morgan fingerprint density at radius 2 is 1.21 bits per heavy atom. The first kappa shape index (κ1) is 38.7. The van der Waals surface area contributed by atoms with Crippen LogP contribution in [-0.4, -0.2) is 74.8 Å². The molecule has 1 heterocycles. The molecule has 0 aliphatic rings. The average molecular weight is 676 g/mol. The van der Waals surface area contributed by atoms with E-state index >= 15 is 0 Å². The van der Waals surface area contributed by atoms with E-state index in [1.807, 2.05) is 66.8 Å². The molecule has 15 heteroatoms. The Kier molecular flexibility index (Phi) is 16.1. The van der Waals surface area contributed by atoms with Gasteiger partial charge in [0.1, 0.15) is 0 Å². The summed E-state index contributed by atoms with van der Waals surface area (Å²) in [5.41, 5.74) is 14.0. The number of nitrogens with two attached hydrogens (primary N) is 2. The minimum absolute atomic E-state index is 0.126. The number of nitrogens with zero attached hydrogens (tertiary/aromatic N) is 3. The molecule has 3 aromatic rings. The van der Waals surface area contributed by atoms with Crippen LogP contribution in [0.4, 0.5) is 13.2 Å². The number of ether oxygens (including phenoxy) is 5. The number of unbranched alkanes of at least 4 members (excludes halogenated alkanes) is 3. The molecule has 0 saturated heterocycles. The van der Waals surface area contributed by atoms with Gasteiger partial charge in [-0.2, -0.15) is 23.1 Å². The minimum atomic E-state index is -5.08. The van der Waals surface area contributed by atoms with Crippen LogP contribution in [-0.2, 0) is 4.79 Å². The minimum Gasteiger partial charge on any atom is -0.493 e. The van der Waals surface area contributed by atoms with Gasteiger partial charge < -0.3 is 40.3 Å². The van der Waals surface area contributed by atoms with Crippen LogP contribution < -0.4 is 35.2 Å². The van der Waals surface area contributed by atoms with Crippen LogP contribution in [0.2, 0.25) is 0 Å². The molecule has 5 N–H and O–H groups in total. The number of hydrogen-bond acceptors (Lipinski definition) is 9. The Morgan fingerprint density at radius 1 is 0.750 bits per heavy atom. The second-order valence-electron chi connectivity index (χ2n) is 9.77. The topological polar surface area (TPSA) is 174 Å². The fraction of sp³-hybridized carbons (Fsp3) is 0.333. The molecule has 0 bridgehead atoms. The van der Waals surface area contributed by atoms with E-state index in [-0.39, 0.29) is 5.96 Å². The van der Waals surface area contributed by atoms with E-state index in [1.54, 1.807) is 28.4 Å². The number of aromatic nitrogens is 2. The smallest absolute Gasteiger partial charge is 0.490 e. The number of hydrogen-bond donors (Lipinski definition) is 3. The summed E-state index contributed by atoms with van der Waals surface area (Å²) >= 11 is 0. The third kappa shape index (κ3) is 13.9. The number of methoxy groups -OCH3 is 4. The Hall–Kier alpha value is -5.47. The van der Waals surface area contributed by atoms with Gasteiger partial charge in [-0.25, -0.2) is 4.79 Å². The van der Waals surface area contributed by atoms with Crippen molar-refractivity contribution in [2.45, 2.75) is 31.9 Å². The summed E-state index contributed by atoms with van der Waals surface area (Å²) < 4.78 is 59.2. The molecule has 48 heavy (non-hydrogen) atoms. The summed E-state index contributed by atoms with van der Waals surface area (Å²) in [5.74, 6) is 0.00724. The van der Waals surface area contributed by atoms with E-state index in [0.717, 1.165) is 36.8 Å². The van der Waals surface area contributed by atoms with E-state index in [2.05, 4.69) is 15.0 Å². The van der Waals surface area contributed by atoms with E-state index < -0.39 is 12.1 Å². The van der Waals surface area contributed by atoms with E-state index in [9.17, 15) is 13.2 Å². The highest BCUT2D eigenvalue weighted by atomic mass is 19.4. The van der Waals surface area contributed by atoms with E-state index in [4.69, 9.17) is 45.1 Å². The molecular weight excluding hydrogens is 635 g/mol. The second-order valence-corrected chi connectivity index (χ2v) is 9.77. The third-order valence-electron chi connectivity index (χ3n) is 6.27. The number of alkyl halides is 3. The number of benzene rings is 2. The van der Waals surface area contributed by atoms with Crippen molar-refractivity contribution in [3.05, 3.63) is 65.0 Å². The molecule has 0 unspecified atom stereocenters. The maximum atomic E-state index is 10.6. The zero-order chi connectivity index (χ0) is 35.5. The van der Waals surface area contributed by atoms with Gasteiger partial charge in [0.2, 0.25) is 0 Å². The molecule has 0 fully saturated rings. The third-order valence-corrected chi connectivity index (χ3v) is 6.27. The van der Waals surface area contributed by atoms with Crippen molar-refractivity contribution in [2.75, 3.05) is 41.6 Å². The molecule has 12 nitrogen and oxygen atoms in total. The Balaban J connectivity index is 0.00000103. The molecule has 0 aliphatic heterocycles. The standard InChI is InChI=1S/C31H39N5O5.C2HF3O2/c1-37-26-15-11-22(19-28(26)39-3)9-13-24-21-25(14-10-23-12-16-27(38-2)29(20-23)40-4)36-31(35-24)41-18-8-6-5-7-17-34-30(32)33;3-2(4,5)1(6)7/h9-16,19-21H,5-8,17-18H2,1-4H3,(H4,32,33,34);(H,6,7). The summed E-state index contributed by atoms with van der Waals surface area (Å²) in [6.07, 6.45) is 6.43. The first-order valence-corrected chi connectivity index (χ1v) is 14.6. The van der Waals surface area contributed by atoms with Gasteiger partial charge in [-0.05, 0) is 72.9 Å². The van der Waals surface area contributed by atoms with Crippen LogP contribution in [0.15, 0.2) is 47.5 Å². The van der Waals surface area contributed by atoms with Crippen LogP contribution in [0, 0.1) is 0 Å². The maximum Gasteiger partial charge on any atom is 0.490 e. The van der Waals surface area contributed by atoms with Crippen molar-refractivity contribution in [3.8, 4) is 29.0 Å². The predicted molar refractivity (Wildman–Crippen MR) is 177 cm³/mol. The van der Waals surface area contributed by atoms with Gasteiger partial charge in [0.15, 0.2) is 29.0 Å². The molecule has 1 aromatic heterocycles.